The first-order valence-corrected chi connectivity index (χ1v) is 11.3. The van der Waals surface area contributed by atoms with Crippen molar-refractivity contribution in [3.8, 4) is 0 Å². The summed E-state index contributed by atoms with van der Waals surface area (Å²) < 4.78 is 4.79. The molecule has 9 nitrogen and oxygen atoms in total. The van der Waals surface area contributed by atoms with Gasteiger partial charge in [-0.2, -0.15) is 11.8 Å². The molecule has 0 aromatic rings. The molecule has 166 valence electrons. The van der Waals surface area contributed by atoms with Crippen LogP contribution in [0.25, 0.3) is 0 Å². The quantitative estimate of drug-likeness (QED) is 0.391. The first kappa shape index (κ1) is 25.2. The zero-order chi connectivity index (χ0) is 22.1. The van der Waals surface area contributed by atoms with Crippen molar-refractivity contribution >= 4 is 35.5 Å². The van der Waals surface area contributed by atoms with E-state index in [1.54, 1.807) is 24.2 Å². The van der Waals surface area contributed by atoms with Gasteiger partial charge in [-0.1, -0.05) is 13.8 Å². The number of carbonyl (C=O) groups is 4. The maximum absolute atomic E-state index is 13.1. The third-order valence-corrected chi connectivity index (χ3v) is 5.69. The molecule has 3 amide bonds. The third-order valence-electron chi connectivity index (χ3n) is 5.14. The molecule has 1 rings (SSSR count). The van der Waals surface area contributed by atoms with Crippen LogP contribution in [-0.4, -0.2) is 85.5 Å². The van der Waals surface area contributed by atoms with Crippen molar-refractivity contribution in [1.82, 2.24) is 15.5 Å². The molecule has 0 aromatic carbocycles. The molecular formula is C19H35N4O5S+. The summed E-state index contributed by atoms with van der Waals surface area (Å²) in [5.74, 6) is -0.988. The molecule has 0 aliphatic carbocycles. The van der Waals surface area contributed by atoms with Crippen molar-refractivity contribution in [2.75, 3.05) is 32.7 Å². The van der Waals surface area contributed by atoms with Crippen LogP contribution in [0.2, 0.25) is 0 Å². The van der Waals surface area contributed by atoms with Gasteiger partial charge in [0.05, 0.1) is 19.9 Å². The second-order valence-corrected chi connectivity index (χ2v) is 8.51. The number of amides is 3. The minimum absolute atomic E-state index is 0.0914. The van der Waals surface area contributed by atoms with Gasteiger partial charge < -0.3 is 25.6 Å². The van der Waals surface area contributed by atoms with E-state index in [2.05, 4.69) is 10.6 Å². The second kappa shape index (κ2) is 12.0. The van der Waals surface area contributed by atoms with Gasteiger partial charge in [0, 0.05) is 12.6 Å². The smallest absolute Gasteiger partial charge is 0.328 e. The Balaban J connectivity index is 3.02. The van der Waals surface area contributed by atoms with E-state index in [1.165, 1.54) is 18.9 Å². The zero-order valence-corrected chi connectivity index (χ0v) is 19.0. The van der Waals surface area contributed by atoms with Crippen LogP contribution in [0.15, 0.2) is 0 Å². The van der Waals surface area contributed by atoms with Crippen LogP contribution < -0.4 is 16.0 Å². The summed E-state index contributed by atoms with van der Waals surface area (Å²) in [6, 6.07) is -2.09. The van der Waals surface area contributed by atoms with Crippen LogP contribution in [0.4, 0.5) is 0 Å². The van der Waals surface area contributed by atoms with Gasteiger partial charge in [-0.15, -0.1) is 0 Å². The number of hydrogen-bond donors (Lipinski definition) is 3. The first-order chi connectivity index (χ1) is 13.7. The standard InChI is InChI=1S/C19H34N4O5S/c1-11(2)16(19(27)28-5)22-17(25)14-9-13(21-15(24)10-29-6)7-8-23(14)18(26)12(3)20-4/h11-14,16,20H,7-10H2,1-6H3,(H,21,24)(H,22,25)/p+1/t12-,13-,14-,16+/m0/s1. The molecule has 1 fully saturated rings. The number of methoxy groups -OCH3 is 1. The fourth-order valence-electron chi connectivity index (χ4n) is 3.29. The van der Waals surface area contributed by atoms with E-state index in [0.717, 1.165) is 0 Å². The van der Waals surface area contributed by atoms with E-state index in [0.29, 0.717) is 25.1 Å². The van der Waals surface area contributed by atoms with Crippen LogP contribution in [0.5, 0.6) is 0 Å². The predicted octanol–water partition coefficient (Wildman–Crippen LogP) is -1.28. The van der Waals surface area contributed by atoms with Gasteiger partial charge in [0.1, 0.15) is 12.1 Å². The molecule has 4 N–H and O–H groups in total. The number of nitrogens with zero attached hydrogens (tertiary/aromatic N) is 1. The van der Waals surface area contributed by atoms with Crippen molar-refractivity contribution in [3.63, 3.8) is 0 Å². The highest BCUT2D eigenvalue weighted by molar-refractivity contribution is 7.99. The summed E-state index contributed by atoms with van der Waals surface area (Å²) in [6.45, 7) is 5.77. The number of nitrogens with one attached hydrogen (secondary N) is 2. The van der Waals surface area contributed by atoms with Gasteiger partial charge >= 0.3 is 5.97 Å². The van der Waals surface area contributed by atoms with Gasteiger partial charge in [0.25, 0.3) is 5.91 Å². The number of piperidine rings is 1. The number of hydrogen-bond acceptors (Lipinski definition) is 6. The van der Waals surface area contributed by atoms with E-state index in [1.807, 2.05) is 20.1 Å². The summed E-state index contributed by atoms with van der Waals surface area (Å²) in [7, 11) is 3.08. The number of ether oxygens (including phenoxy) is 1. The largest absolute Gasteiger partial charge is 0.467 e. The fraction of sp³-hybridized carbons (Fsp3) is 0.789. The number of rotatable bonds is 9. The van der Waals surface area contributed by atoms with E-state index < -0.39 is 24.0 Å². The van der Waals surface area contributed by atoms with Crippen LogP contribution in [0.3, 0.4) is 0 Å². The molecule has 1 heterocycles. The van der Waals surface area contributed by atoms with Crippen LogP contribution in [0.1, 0.15) is 33.6 Å². The third kappa shape index (κ3) is 7.18. The average Bonchev–Trinajstić information content (AvgIpc) is 2.69. The minimum atomic E-state index is -0.800. The SMILES string of the molecule is C[NH2+][C@@H](C)C(=O)N1CC[C@H](NC(=O)CSC)C[C@H]1C(=O)N[C@@H](C(=O)OC)C(C)C. The molecule has 10 heteroatoms. The van der Waals surface area contributed by atoms with Gasteiger partial charge in [-0.3, -0.25) is 14.4 Å². The highest BCUT2D eigenvalue weighted by atomic mass is 32.2. The molecule has 1 saturated heterocycles. The molecule has 0 radical (unpaired) electrons. The van der Waals surface area contributed by atoms with Crippen LogP contribution in [-0.2, 0) is 23.9 Å². The lowest BCUT2D eigenvalue weighted by molar-refractivity contribution is -0.647. The molecule has 29 heavy (non-hydrogen) atoms. The molecule has 0 saturated carbocycles. The van der Waals surface area contributed by atoms with Crippen molar-refractivity contribution < 1.29 is 29.2 Å². The van der Waals surface area contributed by atoms with Crippen molar-refractivity contribution in [1.29, 1.82) is 0 Å². The van der Waals surface area contributed by atoms with Gasteiger partial charge in [0.15, 0.2) is 6.04 Å². The normalized spacial score (nSPS) is 21.3. The molecule has 0 spiro atoms. The van der Waals surface area contributed by atoms with Crippen molar-refractivity contribution in [2.45, 2.75) is 57.8 Å². The Labute approximate surface area is 177 Å². The lowest BCUT2D eigenvalue weighted by atomic mass is 9.94. The number of esters is 1. The molecule has 0 bridgehead atoms. The number of likely N-dealkylation sites (tertiary alicyclic amines) is 1. The maximum atomic E-state index is 13.1. The molecule has 1 aliphatic rings. The predicted molar refractivity (Wildman–Crippen MR) is 111 cm³/mol. The van der Waals surface area contributed by atoms with Crippen molar-refractivity contribution in [2.24, 2.45) is 5.92 Å². The number of nitrogens with two attached hydrogens (primary N) is 1. The van der Waals surface area contributed by atoms with Crippen LogP contribution in [0, 0.1) is 5.92 Å². The van der Waals surface area contributed by atoms with E-state index in [4.69, 9.17) is 4.74 Å². The summed E-state index contributed by atoms with van der Waals surface area (Å²) in [6.07, 6.45) is 2.73. The summed E-state index contributed by atoms with van der Waals surface area (Å²) in [5, 5.41) is 7.47. The van der Waals surface area contributed by atoms with Gasteiger partial charge in [-0.05, 0) is 31.9 Å². The second-order valence-electron chi connectivity index (χ2n) is 7.64. The average molecular weight is 432 g/mol. The van der Waals surface area contributed by atoms with Gasteiger partial charge in [-0.25, -0.2) is 4.79 Å². The summed E-state index contributed by atoms with van der Waals surface area (Å²) in [4.78, 5) is 51.5. The lowest BCUT2D eigenvalue weighted by Crippen LogP contribution is -2.88. The van der Waals surface area contributed by atoms with E-state index in [9.17, 15) is 19.2 Å². The molecule has 4 atom stereocenters. The topological polar surface area (TPSA) is 121 Å². The Kier molecular flexibility index (Phi) is 10.5. The highest BCUT2D eigenvalue weighted by Gasteiger charge is 2.40. The Morgan fingerprint density at radius 3 is 2.41 bits per heavy atom. The molecule has 0 unspecified atom stereocenters. The molecule has 0 aromatic heterocycles. The summed E-state index contributed by atoms with van der Waals surface area (Å²) in [5.41, 5.74) is 0. The maximum Gasteiger partial charge on any atom is 0.328 e. The zero-order valence-electron chi connectivity index (χ0n) is 18.2. The summed E-state index contributed by atoms with van der Waals surface area (Å²) >= 11 is 1.42. The monoisotopic (exact) mass is 431 g/mol. The minimum Gasteiger partial charge on any atom is -0.467 e. The fourth-order valence-corrected chi connectivity index (χ4v) is 3.63. The molecule has 1 aliphatic heterocycles. The Bertz CT molecular complexity index is 601. The van der Waals surface area contributed by atoms with Gasteiger partial charge in [0.2, 0.25) is 11.8 Å². The highest BCUT2D eigenvalue weighted by Crippen LogP contribution is 2.20. The Morgan fingerprint density at radius 2 is 1.90 bits per heavy atom. The van der Waals surface area contributed by atoms with Crippen molar-refractivity contribution in [3.05, 3.63) is 0 Å². The number of thioether (sulfide) groups is 1. The van der Waals surface area contributed by atoms with E-state index >= 15 is 0 Å². The lowest BCUT2D eigenvalue weighted by Gasteiger charge is -2.39. The number of carbonyl (C=O) groups excluding carboxylic acids is 4. The number of likely N-dealkylation sites (N-methyl/N-ethyl adjacent to an activating group) is 1. The molecular weight excluding hydrogens is 396 g/mol. The first-order valence-electron chi connectivity index (χ1n) is 9.92. The Hall–Kier alpha value is -1.81. The number of quaternary nitrogens is 1. The van der Waals surface area contributed by atoms with Crippen LogP contribution >= 0.6 is 11.8 Å². The Morgan fingerprint density at radius 1 is 1.24 bits per heavy atom. The van der Waals surface area contributed by atoms with E-state index in [-0.39, 0.29) is 29.8 Å².